The molecule has 1 aliphatic rings. The molecule has 0 spiro atoms. The van der Waals surface area contributed by atoms with Gasteiger partial charge < -0.3 is 11.1 Å². The van der Waals surface area contributed by atoms with Crippen molar-refractivity contribution >= 4 is 23.0 Å². The van der Waals surface area contributed by atoms with Crippen LogP contribution >= 0.6 is 11.3 Å². The number of thiazole rings is 1. The van der Waals surface area contributed by atoms with Crippen molar-refractivity contribution < 1.29 is 14.0 Å². The standard InChI is InChI=1S/C23H21FN3O2S/c24-17-10-8-15(9-11-17)20-19(27-21(30-20)16-6-2-1-3-7-16)18(28)14-23(22(25)29)12-4-5-13-26-23/h1-3,6-11,14,26H,4-5,12-13H2,(H2,25,29). The minimum Gasteiger partial charge on any atom is -0.368 e. The van der Waals surface area contributed by atoms with Gasteiger partial charge in [-0.25, -0.2) is 9.37 Å². The van der Waals surface area contributed by atoms with Crippen LogP contribution in [0.25, 0.3) is 21.0 Å². The fraction of sp³-hybridized carbons (Fsp3) is 0.217. The van der Waals surface area contributed by atoms with E-state index in [0.29, 0.717) is 28.4 Å². The summed E-state index contributed by atoms with van der Waals surface area (Å²) in [6.45, 7) is 0.615. The molecule has 2 heterocycles. The number of Topliss-reactive ketones (excluding diaryl/α,β-unsaturated/α-hetero) is 1. The van der Waals surface area contributed by atoms with Gasteiger partial charge in [-0.2, -0.15) is 0 Å². The lowest BCUT2D eigenvalue weighted by Gasteiger charge is -2.34. The Bertz CT molecular complexity index is 1060. The lowest BCUT2D eigenvalue weighted by Crippen LogP contribution is -2.59. The number of nitrogens with two attached hydrogens (primary N) is 1. The van der Waals surface area contributed by atoms with Crippen molar-refractivity contribution in [2.24, 2.45) is 5.73 Å². The van der Waals surface area contributed by atoms with Gasteiger partial charge in [-0.05, 0) is 43.5 Å². The minimum atomic E-state index is -1.17. The summed E-state index contributed by atoms with van der Waals surface area (Å²) in [5.74, 6) is -1.30. The van der Waals surface area contributed by atoms with Crippen LogP contribution in [0.4, 0.5) is 4.39 Å². The van der Waals surface area contributed by atoms with Crippen LogP contribution in [0.1, 0.15) is 29.8 Å². The van der Waals surface area contributed by atoms with Crippen molar-refractivity contribution in [3.63, 3.8) is 0 Å². The number of amides is 1. The SMILES string of the molecule is NC(=O)C1([CH]C(=O)c2nc(-c3ccccc3)sc2-c2ccc(F)cc2)CCCCN1. The van der Waals surface area contributed by atoms with Crippen LogP contribution in [0.5, 0.6) is 0 Å². The van der Waals surface area contributed by atoms with E-state index in [2.05, 4.69) is 10.3 Å². The highest BCUT2D eigenvalue weighted by Gasteiger charge is 2.41. The topological polar surface area (TPSA) is 85.1 Å². The molecule has 5 nitrogen and oxygen atoms in total. The fourth-order valence-corrected chi connectivity index (χ4v) is 4.69. The number of piperidine rings is 1. The second kappa shape index (κ2) is 8.45. The summed E-state index contributed by atoms with van der Waals surface area (Å²) in [6.07, 6.45) is 3.56. The van der Waals surface area contributed by atoms with Crippen molar-refractivity contribution in [3.8, 4) is 21.0 Å². The first kappa shape index (κ1) is 20.4. The maximum absolute atomic E-state index is 13.4. The molecule has 3 aromatic rings. The van der Waals surface area contributed by atoms with Crippen LogP contribution in [0.2, 0.25) is 0 Å². The van der Waals surface area contributed by atoms with Gasteiger partial charge >= 0.3 is 0 Å². The number of halogens is 1. The molecule has 0 bridgehead atoms. The quantitative estimate of drug-likeness (QED) is 0.588. The van der Waals surface area contributed by atoms with Crippen molar-refractivity contribution in [3.05, 3.63) is 72.5 Å². The Labute approximate surface area is 178 Å². The molecule has 1 amide bonds. The van der Waals surface area contributed by atoms with Gasteiger partial charge in [0.15, 0.2) is 5.78 Å². The Balaban J connectivity index is 1.75. The third kappa shape index (κ3) is 4.04. The second-order valence-corrected chi connectivity index (χ2v) is 8.30. The summed E-state index contributed by atoms with van der Waals surface area (Å²) in [5, 5.41) is 3.79. The molecular weight excluding hydrogens is 401 g/mol. The number of nitrogens with zero attached hydrogens (tertiary/aromatic N) is 1. The molecule has 30 heavy (non-hydrogen) atoms. The summed E-state index contributed by atoms with van der Waals surface area (Å²) >= 11 is 1.36. The first-order valence-corrected chi connectivity index (χ1v) is 10.6. The predicted octanol–water partition coefficient (Wildman–Crippen LogP) is 4.00. The number of benzene rings is 2. The van der Waals surface area contributed by atoms with Gasteiger partial charge in [0.1, 0.15) is 22.1 Å². The van der Waals surface area contributed by atoms with Crippen LogP contribution in [0.15, 0.2) is 54.6 Å². The normalized spacial score (nSPS) is 18.8. The van der Waals surface area contributed by atoms with Crippen molar-refractivity contribution in [2.45, 2.75) is 24.8 Å². The Morgan fingerprint density at radius 1 is 1.07 bits per heavy atom. The summed E-state index contributed by atoms with van der Waals surface area (Å²) in [7, 11) is 0. The van der Waals surface area contributed by atoms with Crippen molar-refractivity contribution in [2.75, 3.05) is 6.54 Å². The van der Waals surface area contributed by atoms with Crippen molar-refractivity contribution in [1.29, 1.82) is 0 Å². The molecule has 1 unspecified atom stereocenters. The number of primary amides is 1. The zero-order valence-corrected chi connectivity index (χ0v) is 17.0. The largest absolute Gasteiger partial charge is 0.368 e. The average Bonchev–Trinajstić information content (AvgIpc) is 3.21. The Kier molecular flexibility index (Phi) is 5.74. The van der Waals surface area contributed by atoms with E-state index in [0.717, 1.165) is 18.4 Å². The lowest BCUT2D eigenvalue weighted by molar-refractivity contribution is -0.123. The summed E-state index contributed by atoms with van der Waals surface area (Å²) in [5.41, 5.74) is 6.28. The number of carbonyl (C=O) groups excluding carboxylic acids is 2. The molecule has 1 radical (unpaired) electrons. The minimum absolute atomic E-state index is 0.235. The molecule has 1 saturated heterocycles. The zero-order valence-electron chi connectivity index (χ0n) is 16.2. The van der Waals surface area contributed by atoms with E-state index < -0.39 is 11.4 Å². The average molecular weight is 423 g/mol. The number of nitrogens with one attached hydrogen (secondary N) is 1. The molecule has 4 rings (SSSR count). The van der Waals surface area contributed by atoms with Gasteiger partial charge in [0.2, 0.25) is 5.91 Å². The number of ketones is 1. The Morgan fingerprint density at radius 3 is 2.43 bits per heavy atom. The molecule has 7 heteroatoms. The molecule has 3 N–H and O–H groups in total. The van der Waals surface area contributed by atoms with Crippen LogP contribution < -0.4 is 11.1 Å². The van der Waals surface area contributed by atoms with E-state index in [1.54, 1.807) is 12.1 Å². The maximum atomic E-state index is 13.4. The van der Waals surface area contributed by atoms with Gasteiger partial charge in [-0.1, -0.05) is 42.5 Å². The van der Waals surface area contributed by atoms with E-state index in [-0.39, 0.29) is 17.3 Å². The van der Waals surface area contributed by atoms with Crippen LogP contribution in [0, 0.1) is 12.2 Å². The summed E-state index contributed by atoms with van der Waals surface area (Å²) in [4.78, 5) is 30.7. The number of rotatable bonds is 6. The first-order valence-electron chi connectivity index (χ1n) is 9.76. The molecule has 1 aromatic heterocycles. The van der Waals surface area contributed by atoms with Gasteiger partial charge in [-0.3, -0.25) is 9.59 Å². The van der Waals surface area contributed by atoms with Gasteiger partial charge in [0.05, 0.1) is 11.3 Å². The number of hydrogen-bond acceptors (Lipinski definition) is 5. The molecule has 0 saturated carbocycles. The molecule has 153 valence electrons. The molecule has 1 fully saturated rings. The monoisotopic (exact) mass is 422 g/mol. The van der Waals surface area contributed by atoms with Crippen molar-refractivity contribution in [1.82, 2.24) is 10.3 Å². The molecule has 1 aliphatic heterocycles. The van der Waals surface area contributed by atoms with E-state index in [4.69, 9.17) is 5.73 Å². The van der Waals surface area contributed by atoms with Gasteiger partial charge in [0, 0.05) is 5.56 Å². The third-order valence-electron chi connectivity index (χ3n) is 5.24. The highest BCUT2D eigenvalue weighted by Crippen LogP contribution is 2.37. The maximum Gasteiger partial charge on any atom is 0.238 e. The van der Waals surface area contributed by atoms with Gasteiger partial charge in [0.25, 0.3) is 0 Å². The second-order valence-electron chi connectivity index (χ2n) is 7.30. The summed E-state index contributed by atoms with van der Waals surface area (Å²) < 4.78 is 13.4. The lowest BCUT2D eigenvalue weighted by atomic mass is 9.83. The molecule has 1 atom stereocenters. The number of aromatic nitrogens is 1. The zero-order chi connectivity index (χ0) is 21.1. The fourth-order valence-electron chi connectivity index (χ4n) is 3.61. The smallest absolute Gasteiger partial charge is 0.238 e. The predicted molar refractivity (Wildman–Crippen MR) is 115 cm³/mol. The van der Waals surface area contributed by atoms with Crippen LogP contribution in [-0.2, 0) is 4.79 Å². The molecule has 2 aromatic carbocycles. The van der Waals surface area contributed by atoms with Crippen LogP contribution in [-0.4, -0.2) is 28.8 Å². The third-order valence-corrected chi connectivity index (χ3v) is 6.40. The highest BCUT2D eigenvalue weighted by molar-refractivity contribution is 7.18. The number of carbonyl (C=O) groups is 2. The summed E-state index contributed by atoms with van der Waals surface area (Å²) in [6, 6.07) is 15.5. The molecule has 0 aliphatic carbocycles. The molecular formula is C23H21FN3O2S. The Morgan fingerprint density at radius 2 is 1.80 bits per heavy atom. The van der Waals surface area contributed by atoms with E-state index >= 15 is 0 Å². The van der Waals surface area contributed by atoms with Gasteiger partial charge in [-0.15, -0.1) is 11.3 Å². The van der Waals surface area contributed by atoms with E-state index in [1.165, 1.54) is 29.9 Å². The Hall–Kier alpha value is -2.90. The highest BCUT2D eigenvalue weighted by atomic mass is 32.1. The van der Waals surface area contributed by atoms with Crippen LogP contribution in [0.3, 0.4) is 0 Å². The number of hydrogen-bond donors (Lipinski definition) is 2. The van der Waals surface area contributed by atoms with E-state index in [1.807, 2.05) is 30.3 Å². The first-order chi connectivity index (χ1) is 14.5. The van der Waals surface area contributed by atoms with E-state index in [9.17, 15) is 14.0 Å².